The van der Waals surface area contributed by atoms with Gasteiger partial charge in [-0.15, -0.1) is 0 Å². The molecule has 10 nitrogen and oxygen atoms in total. The number of hydrogen-bond acceptors (Lipinski definition) is 8. The number of esters is 2. The number of nitrogens with zero attached hydrogens (tertiary/aromatic N) is 1. The number of amides is 2. The SMILES string of the molecule is COC(=O)[C@H](Cc1ccccc1)NC(=O)[C@@H]1CCC(=O)N1[C@@H]1OC(=O)c2c1ccc(OC)c2OC. The predicted molar refractivity (Wildman–Crippen MR) is 122 cm³/mol. The largest absolute Gasteiger partial charge is 0.493 e. The fourth-order valence-electron chi connectivity index (χ4n) is 4.50. The normalized spacial score (nSPS) is 19.6. The Hall–Kier alpha value is -4.08. The van der Waals surface area contributed by atoms with E-state index >= 15 is 0 Å². The van der Waals surface area contributed by atoms with E-state index in [-0.39, 0.29) is 36.5 Å². The maximum Gasteiger partial charge on any atom is 0.344 e. The first-order valence-corrected chi connectivity index (χ1v) is 11.1. The minimum absolute atomic E-state index is 0.0936. The summed E-state index contributed by atoms with van der Waals surface area (Å²) >= 11 is 0. The van der Waals surface area contributed by atoms with Crippen molar-refractivity contribution in [2.75, 3.05) is 21.3 Å². The van der Waals surface area contributed by atoms with Crippen LogP contribution in [-0.4, -0.2) is 62.1 Å². The molecular formula is C25H26N2O8. The second-order valence-electron chi connectivity index (χ2n) is 8.15. The highest BCUT2D eigenvalue weighted by atomic mass is 16.6. The van der Waals surface area contributed by atoms with Gasteiger partial charge in [-0.05, 0) is 24.1 Å². The Balaban J connectivity index is 1.60. The fraction of sp³-hybridized carbons (Fsp3) is 0.360. The van der Waals surface area contributed by atoms with E-state index in [0.29, 0.717) is 11.3 Å². The van der Waals surface area contributed by atoms with Gasteiger partial charge in [0.2, 0.25) is 18.0 Å². The topological polar surface area (TPSA) is 120 Å². The first-order valence-electron chi connectivity index (χ1n) is 11.1. The third kappa shape index (κ3) is 4.51. The summed E-state index contributed by atoms with van der Waals surface area (Å²) in [5.41, 5.74) is 1.38. The number of likely N-dealkylation sites (tertiary alicyclic amines) is 1. The van der Waals surface area contributed by atoms with Crippen molar-refractivity contribution in [3.8, 4) is 11.5 Å². The number of ether oxygens (including phenoxy) is 4. The number of methoxy groups -OCH3 is 3. The molecular weight excluding hydrogens is 456 g/mol. The Labute approximate surface area is 202 Å². The van der Waals surface area contributed by atoms with Gasteiger partial charge in [-0.2, -0.15) is 0 Å². The van der Waals surface area contributed by atoms with Crippen molar-refractivity contribution >= 4 is 23.8 Å². The highest BCUT2D eigenvalue weighted by Crippen LogP contribution is 2.45. The van der Waals surface area contributed by atoms with Gasteiger partial charge < -0.3 is 24.3 Å². The van der Waals surface area contributed by atoms with Gasteiger partial charge in [-0.25, -0.2) is 9.59 Å². The molecule has 2 aliphatic heterocycles. The minimum atomic E-state index is -1.10. The first-order chi connectivity index (χ1) is 16.9. The molecule has 2 heterocycles. The molecule has 184 valence electrons. The van der Waals surface area contributed by atoms with E-state index in [0.717, 1.165) is 5.56 Å². The van der Waals surface area contributed by atoms with Gasteiger partial charge in [0.25, 0.3) is 0 Å². The molecule has 2 aromatic rings. The van der Waals surface area contributed by atoms with E-state index < -0.39 is 36.2 Å². The van der Waals surface area contributed by atoms with Crippen LogP contribution in [0.4, 0.5) is 0 Å². The lowest BCUT2D eigenvalue weighted by atomic mass is 10.0. The lowest BCUT2D eigenvalue weighted by Crippen LogP contribution is -2.52. The van der Waals surface area contributed by atoms with Crippen molar-refractivity contribution in [3.05, 3.63) is 59.2 Å². The third-order valence-corrected chi connectivity index (χ3v) is 6.16. The highest BCUT2D eigenvalue weighted by Gasteiger charge is 2.48. The molecule has 0 spiro atoms. The second-order valence-corrected chi connectivity index (χ2v) is 8.15. The van der Waals surface area contributed by atoms with Crippen molar-refractivity contribution in [2.45, 2.75) is 37.6 Å². The van der Waals surface area contributed by atoms with Gasteiger partial charge in [0.15, 0.2) is 11.5 Å². The summed E-state index contributed by atoms with van der Waals surface area (Å²) in [5, 5.41) is 2.72. The predicted octanol–water partition coefficient (Wildman–Crippen LogP) is 1.76. The van der Waals surface area contributed by atoms with Crippen LogP contribution < -0.4 is 14.8 Å². The Morgan fingerprint density at radius 3 is 2.49 bits per heavy atom. The molecule has 1 fully saturated rings. The van der Waals surface area contributed by atoms with Crippen LogP contribution in [0, 0.1) is 0 Å². The van der Waals surface area contributed by atoms with E-state index in [1.54, 1.807) is 12.1 Å². The van der Waals surface area contributed by atoms with Crippen LogP contribution in [0.1, 0.15) is 40.6 Å². The number of hydrogen-bond donors (Lipinski definition) is 1. The summed E-state index contributed by atoms with van der Waals surface area (Å²) in [4.78, 5) is 52.5. The zero-order valence-electron chi connectivity index (χ0n) is 19.6. The number of cyclic esters (lactones) is 1. The molecule has 4 rings (SSSR count). The average Bonchev–Trinajstić information content (AvgIpc) is 3.42. The standard InChI is InChI=1S/C25H26N2O8/c1-32-18-11-9-15-20(21(18)33-2)25(31)35-23(15)27-17(10-12-19(27)28)22(29)26-16(24(30)34-3)13-14-7-5-4-6-8-14/h4-9,11,16-17,23H,10,12-13H2,1-3H3,(H,26,29)/t16-,17-,23+/m0/s1. The highest BCUT2D eigenvalue weighted by molar-refractivity contribution is 5.99. The molecule has 2 amide bonds. The molecule has 10 heteroatoms. The van der Waals surface area contributed by atoms with Crippen LogP contribution in [0.2, 0.25) is 0 Å². The number of fused-ring (bicyclic) bond motifs is 1. The van der Waals surface area contributed by atoms with Crippen LogP contribution in [0.5, 0.6) is 11.5 Å². The van der Waals surface area contributed by atoms with E-state index in [1.165, 1.54) is 26.2 Å². The number of benzene rings is 2. The number of carbonyl (C=O) groups is 4. The van der Waals surface area contributed by atoms with E-state index in [4.69, 9.17) is 18.9 Å². The van der Waals surface area contributed by atoms with Gasteiger partial charge in [0, 0.05) is 18.4 Å². The van der Waals surface area contributed by atoms with Crippen molar-refractivity contribution in [2.24, 2.45) is 0 Å². The van der Waals surface area contributed by atoms with E-state index in [2.05, 4.69) is 5.32 Å². The summed E-state index contributed by atoms with van der Waals surface area (Å²) < 4.78 is 21.0. The van der Waals surface area contributed by atoms with E-state index in [1.807, 2.05) is 30.3 Å². The summed E-state index contributed by atoms with van der Waals surface area (Å²) in [6, 6.07) is 10.5. The van der Waals surface area contributed by atoms with Crippen molar-refractivity contribution in [3.63, 3.8) is 0 Å². The number of carbonyl (C=O) groups excluding carboxylic acids is 4. The Morgan fingerprint density at radius 2 is 1.83 bits per heavy atom. The summed E-state index contributed by atoms with van der Waals surface area (Å²) in [6.45, 7) is 0. The van der Waals surface area contributed by atoms with Crippen molar-refractivity contribution in [1.82, 2.24) is 10.2 Å². The molecule has 1 saturated heterocycles. The maximum atomic E-state index is 13.3. The Bertz CT molecular complexity index is 1150. The van der Waals surface area contributed by atoms with Gasteiger partial charge in [-0.3, -0.25) is 14.5 Å². The zero-order chi connectivity index (χ0) is 25.1. The van der Waals surface area contributed by atoms with E-state index in [9.17, 15) is 19.2 Å². The van der Waals surface area contributed by atoms with Gasteiger partial charge in [0.1, 0.15) is 17.6 Å². The summed E-state index contributed by atoms with van der Waals surface area (Å²) in [5.74, 6) is -1.63. The Morgan fingerprint density at radius 1 is 1.09 bits per heavy atom. The van der Waals surface area contributed by atoms with Crippen LogP contribution in [0.15, 0.2) is 42.5 Å². The average molecular weight is 482 g/mol. The third-order valence-electron chi connectivity index (χ3n) is 6.16. The van der Waals surface area contributed by atoms with Crippen LogP contribution in [0.3, 0.4) is 0 Å². The number of rotatable bonds is 8. The van der Waals surface area contributed by atoms with Crippen molar-refractivity contribution < 1.29 is 38.1 Å². The molecule has 2 aliphatic rings. The molecule has 0 bridgehead atoms. The fourth-order valence-corrected chi connectivity index (χ4v) is 4.50. The summed E-state index contributed by atoms with van der Waals surface area (Å²) in [7, 11) is 4.09. The molecule has 0 aromatic heterocycles. The lowest BCUT2D eigenvalue weighted by Gasteiger charge is -2.30. The van der Waals surface area contributed by atoms with Crippen LogP contribution in [-0.2, 0) is 30.3 Å². The maximum absolute atomic E-state index is 13.3. The second kappa shape index (κ2) is 10.0. The molecule has 35 heavy (non-hydrogen) atoms. The first kappa shape index (κ1) is 24.1. The molecule has 2 aromatic carbocycles. The van der Waals surface area contributed by atoms with Gasteiger partial charge in [0.05, 0.1) is 21.3 Å². The molecule has 1 N–H and O–H groups in total. The monoisotopic (exact) mass is 482 g/mol. The number of nitrogens with one attached hydrogen (secondary N) is 1. The quantitative estimate of drug-likeness (QED) is 0.565. The minimum Gasteiger partial charge on any atom is -0.493 e. The van der Waals surface area contributed by atoms with Crippen molar-refractivity contribution in [1.29, 1.82) is 0 Å². The van der Waals surface area contributed by atoms with Gasteiger partial charge >= 0.3 is 11.9 Å². The molecule has 3 atom stereocenters. The smallest absolute Gasteiger partial charge is 0.344 e. The van der Waals surface area contributed by atoms with Gasteiger partial charge in [-0.1, -0.05) is 30.3 Å². The van der Waals surface area contributed by atoms with Crippen LogP contribution in [0.25, 0.3) is 0 Å². The zero-order valence-corrected chi connectivity index (χ0v) is 19.6. The van der Waals surface area contributed by atoms with Crippen LogP contribution >= 0.6 is 0 Å². The molecule has 0 unspecified atom stereocenters. The molecule has 0 aliphatic carbocycles. The summed E-state index contributed by atoms with van der Waals surface area (Å²) in [6.07, 6.45) is -0.580. The molecule has 0 saturated carbocycles. The molecule has 0 radical (unpaired) electrons. The lowest BCUT2D eigenvalue weighted by molar-refractivity contribution is -0.149. The Kier molecular flexibility index (Phi) is 6.90.